The van der Waals surface area contributed by atoms with E-state index in [0.29, 0.717) is 22.8 Å². The minimum atomic E-state index is -3.66. The quantitative estimate of drug-likeness (QED) is 0.657. The van der Waals surface area contributed by atoms with Crippen LogP contribution in [0.15, 0.2) is 64.0 Å². The van der Waals surface area contributed by atoms with E-state index in [-0.39, 0.29) is 10.8 Å². The molecular weight excluding hydrogens is 378 g/mol. The Hall–Kier alpha value is -3.39. The molecule has 0 atom stereocenters. The lowest BCUT2D eigenvalue weighted by molar-refractivity contribution is -0.114. The van der Waals surface area contributed by atoms with E-state index < -0.39 is 10.0 Å². The monoisotopic (exact) mass is 397 g/mol. The van der Waals surface area contributed by atoms with Crippen LogP contribution in [-0.4, -0.2) is 19.5 Å². The van der Waals surface area contributed by atoms with E-state index in [1.54, 1.807) is 55.5 Å². The van der Waals surface area contributed by atoms with Gasteiger partial charge in [0.05, 0.1) is 4.90 Å². The largest absolute Gasteiger partial charge is 0.354 e. The Labute approximate surface area is 163 Å². The van der Waals surface area contributed by atoms with Crippen molar-refractivity contribution in [3.05, 3.63) is 71.6 Å². The van der Waals surface area contributed by atoms with Crippen LogP contribution < -0.4 is 10.0 Å². The van der Waals surface area contributed by atoms with Gasteiger partial charge in [0, 0.05) is 12.6 Å². The van der Waals surface area contributed by atoms with Crippen LogP contribution in [0.5, 0.6) is 0 Å². The summed E-state index contributed by atoms with van der Waals surface area (Å²) >= 11 is 0. The van der Waals surface area contributed by atoms with Crippen LogP contribution in [0.2, 0.25) is 0 Å². The van der Waals surface area contributed by atoms with Crippen molar-refractivity contribution in [2.24, 2.45) is 0 Å². The van der Waals surface area contributed by atoms with Gasteiger partial charge in [0.25, 0.3) is 10.0 Å². The molecule has 0 spiro atoms. The highest BCUT2D eigenvalue weighted by atomic mass is 32.2. The zero-order chi connectivity index (χ0) is 20.1. The molecule has 28 heavy (non-hydrogen) atoms. The van der Waals surface area contributed by atoms with Gasteiger partial charge in [0.15, 0.2) is 5.76 Å². The standard InChI is InChI=1S/C20H19N3O4S/c1-14-20(21-15(2)24)19(27-22-14)13-10-16-8-11-18(12-9-16)28(25,26)23-17-6-4-3-5-7-17/h3-13,23H,1-2H3,(H,21,24)/b13-10-. The van der Waals surface area contributed by atoms with Crippen molar-refractivity contribution in [2.45, 2.75) is 18.7 Å². The molecule has 2 aromatic carbocycles. The third kappa shape index (κ3) is 4.66. The Kier molecular flexibility index (Phi) is 5.60. The molecule has 0 aliphatic rings. The smallest absolute Gasteiger partial charge is 0.261 e. The maximum absolute atomic E-state index is 12.4. The molecule has 0 radical (unpaired) electrons. The maximum Gasteiger partial charge on any atom is 0.261 e. The molecule has 0 unspecified atom stereocenters. The van der Waals surface area contributed by atoms with E-state index in [9.17, 15) is 13.2 Å². The lowest BCUT2D eigenvalue weighted by atomic mass is 10.2. The summed E-state index contributed by atoms with van der Waals surface area (Å²) in [6.45, 7) is 3.13. The fraction of sp³-hybridized carbons (Fsp3) is 0.100. The van der Waals surface area contributed by atoms with Crippen molar-refractivity contribution < 1.29 is 17.7 Å². The minimum Gasteiger partial charge on any atom is -0.354 e. The predicted molar refractivity (Wildman–Crippen MR) is 108 cm³/mol. The van der Waals surface area contributed by atoms with Crippen LogP contribution in [0.4, 0.5) is 11.4 Å². The molecule has 0 aliphatic heterocycles. The van der Waals surface area contributed by atoms with Crippen LogP contribution in [0.1, 0.15) is 23.9 Å². The van der Waals surface area contributed by atoms with Crippen molar-refractivity contribution in [2.75, 3.05) is 10.0 Å². The molecule has 1 heterocycles. The third-order valence-electron chi connectivity index (χ3n) is 3.83. The van der Waals surface area contributed by atoms with Crippen LogP contribution >= 0.6 is 0 Å². The van der Waals surface area contributed by atoms with Gasteiger partial charge >= 0.3 is 0 Å². The first-order chi connectivity index (χ1) is 13.3. The molecular formula is C20H19N3O4S. The van der Waals surface area contributed by atoms with E-state index in [0.717, 1.165) is 5.56 Å². The van der Waals surface area contributed by atoms with Crippen molar-refractivity contribution in [1.29, 1.82) is 0 Å². The molecule has 1 amide bonds. The number of hydrogen-bond acceptors (Lipinski definition) is 5. The van der Waals surface area contributed by atoms with E-state index in [1.165, 1.54) is 19.1 Å². The Morgan fingerprint density at radius 3 is 2.36 bits per heavy atom. The van der Waals surface area contributed by atoms with Gasteiger partial charge in [-0.15, -0.1) is 0 Å². The molecule has 0 bridgehead atoms. The third-order valence-corrected chi connectivity index (χ3v) is 5.23. The number of benzene rings is 2. The summed E-state index contributed by atoms with van der Waals surface area (Å²) < 4.78 is 32.6. The van der Waals surface area contributed by atoms with E-state index in [2.05, 4.69) is 15.2 Å². The maximum atomic E-state index is 12.4. The highest BCUT2D eigenvalue weighted by molar-refractivity contribution is 7.92. The van der Waals surface area contributed by atoms with Gasteiger partial charge in [-0.2, -0.15) is 0 Å². The van der Waals surface area contributed by atoms with E-state index in [4.69, 9.17) is 4.52 Å². The molecule has 144 valence electrons. The number of carbonyl (C=O) groups excluding carboxylic acids is 1. The zero-order valence-corrected chi connectivity index (χ0v) is 16.2. The Bertz CT molecular complexity index is 1100. The molecule has 0 saturated carbocycles. The first-order valence-corrected chi connectivity index (χ1v) is 9.93. The van der Waals surface area contributed by atoms with Gasteiger partial charge < -0.3 is 9.84 Å². The van der Waals surface area contributed by atoms with Crippen LogP contribution in [-0.2, 0) is 14.8 Å². The fourth-order valence-electron chi connectivity index (χ4n) is 2.48. The summed E-state index contributed by atoms with van der Waals surface area (Å²) in [6.07, 6.45) is 3.41. The van der Waals surface area contributed by atoms with Crippen molar-refractivity contribution in [3.63, 3.8) is 0 Å². The normalized spacial score (nSPS) is 11.5. The second-order valence-electron chi connectivity index (χ2n) is 6.06. The van der Waals surface area contributed by atoms with Gasteiger partial charge in [-0.1, -0.05) is 41.6 Å². The summed E-state index contributed by atoms with van der Waals surface area (Å²) in [5.41, 5.74) is 2.34. The second kappa shape index (κ2) is 8.10. The first kappa shape index (κ1) is 19.4. The van der Waals surface area contributed by atoms with Crippen LogP contribution in [0.25, 0.3) is 12.2 Å². The second-order valence-corrected chi connectivity index (χ2v) is 7.74. The zero-order valence-electron chi connectivity index (χ0n) is 15.3. The highest BCUT2D eigenvalue weighted by Gasteiger charge is 2.14. The van der Waals surface area contributed by atoms with Gasteiger partial charge in [-0.05, 0) is 42.8 Å². The molecule has 0 saturated heterocycles. The lowest BCUT2D eigenvalue weighted by Crippen LogP contribution is -2.12. The molecule has 2 N–H and O–H groups in total. The van der Waals surface area contributed by atoms with Gasteiger partial charge in [0.2, 0.25) is 5.91 Å². The Balaban J connectivity index is 1.76. The molecule has 7 nitrogen and oxygen atoms in total. The summed E-state index contributed by atoms with van der Waals surface area (Å²) in [5.74, 6) is 0.191. The highest BCUT2D eigenvalue weighted by Crippen LogP contribution is 2.23. The average Bonchev–Trinajstić information content (AvgIpc) is 3.00. The summed E-state index contributed by atoms with van der Waals surface area (Å²) in [4.78, 5) is 11.4. The van der Waals surface area contributed by atoms with Gasteiger partial charge in [0.1, 0.15) is 11.4 Å². The van der Waals surface area contributed by atoms with Crippen molar-refractivity contribution in [1.82, 2.24) is 5.16 Å². The van der Waals surface area contributed by atoms with Crippen LogP contribution in [0, 0.1) is 6.92 Å². The minimum absolute atomic E-state index is 0.156. The fourth-order valence-corrected chi connectivity index (χ4v) is 3.54. The van der Waals surface area contributed by atoms with E-state index >= 15 is 0 Å². The van der Waals surface area contributed by atoms with Crippen molar-refractivity contribution >= 4 is 39.5 Å². The van der Waals surface area contributed by atoms with Gasteiger partial charge in [-0.3, -0.25) is 9.52 Å². The number of nitrogens with zero attached hydrogens (tertiary/aromatic N) is 1. The number of rotatable bonds is 6. The molecule has 0 fully saturated rings. The predicted octanol–water partition coefficient (Wildman–Crippen LogP) is 3.91. The molecule has 3 aromatic rings. The van der Waals surface area contributed by atoms with Gasteiger partial charge in [-0.25, -0.2) is 8.42 Å². The first-order valence-electron chi connectivity index (χ1n) is 8.45. The number of sulfonamides is 1. The lowest BCUT2D eigenvalue weighted by Gasteiger charge is -2.08. The summed E-state index contributed by atoms with van der Waals surface area (Å²) in [7, 11) is -3.66. The SMILES string of the molecule is CC(=O)Nc1c(C)noc1/C=C\c1ccc(S(=O)(=O)Nc2ccccc2)cc1. The molecule has 8 heteroatoms. The number of carbonyl (C=O) groups is 1. The topological polar surface area (TPSA) is 101 Å². The number of para-hydroxylation sites is 1. The Morgan fingerprint density at radius 1 is 1.04 bits per heavy atom. The number of amides is 1. The number of anilines is 2. The van der Waals surface area contributed by atoms with Crippen LogP contribution in [0.3, 0.4) is 0 Å². The molecule has 0 aliphatic carbocycles. The summed E-state index contributed by atoms with van der Waals surface area (Å²) in [5, 5.41) is 6.52. The van der Waals surface area contributed by atoms with Crippen molar-refractivity contribution in [3.8, 4) is 0 Å². The Morgan fingerprint density at radius 2 is 1.71 bits per heavy atom. The molecule has 1 aromatic heterocycles. The number of aromatic nitrogens is 1. The molecule has 3 rings (SSSR count). The van der Waals surface area contributed by atoms with E-state index in [1.807, 2.05) is 6.07 Å². The number of hydrogen-bond donors (Lipinski definition) is 2. The summed E-state index contributed by atoms with van der Waals surface area (Å²) in [6, 6.07) is 15.1. The number of aryl methyl sites for hydroxylation is 1. The average molecular weight is 397 g/mol. The number of nitrogens with one attached hydrogen (secondary N) is 2.